The molecule has 0 spiro atoms. The summed E-state index contributed by atoms with van der Waals surface area (Å²) in [6, 6.07) is 4.45. The van der Waals surface area contributed by atoms with E-state index < -0.39 is 17.8 Å². The SMILES string of the molecule is C=C(C(=N/C=C\C)N1CCNCC1)C(O)c1ccc(C(F)(F)F)cc1.CC. The van der Waals surface area contributed by atoms with E-state index in [1.807, 2.05) is 25.7 Å². The molecule has 1 fully saturated rings. The van der Waals surface area contributed by atoms with Gasteiger partial charge in [-0.25, -0.2) is 4.99 Å². The van der Waals surface area contributed by atoms with Crippen molar-refractivity contribution < 1.29 is 18.3 Å². The van der Waals surface area contributed by atoms with E-state index in [4.69, 9.17) is 0 Å². The number of allylic oxidation sites excluding steroid dienone is 1. The molecule has 0 aromatic heterocycles. The third-order valence-corrected chi connectivity index (χ3v) is 3.93. The molecule has 7 heteroatoms. The molecule has 0 bridgehead atoms. The number of amidine groups is 1. The lowest BCUT2D eigenvalue weighted by atomic mass is 9.99. The third kappa shape index (κ3) is 6.52. The summed E-state index contributed by atoms with van der Waals surface area (Å²) in [6.45, 7) is 12.8. The third-order valence-electron chi connectivity index (χ3n) is 3.93. The van der Waals surface area contributed by atoms with E-state index in [1.165, 1.54) is 12.1 Å². The highest BCUT2D eigenvalue weighted by Crippen LogP contribution is 2.31. The molecule has 0 aliphatic carbocycles. The van der Waals surface area contributed by atoms with Crippen LogP contribution in [0.5, 0.6) is 0 Å². The molecule has 0 amide bonds. The number of aliphatic hydroxyl groups is 1. The van der Waals surface area contributed by atoms with Crippen LogP contribution in [-0.2, 0) is 6.18 Å². The van der Waals surface area contributed by atoms with Gasteiger partial charge in [0.15, 0.2) is 0 Å². The summed E-state index contributed by atoms with van der Waals surface area (Å²) < 4.78 is 38.0. The van der Waals surface area contributed by atoms with Gasteiger partial charge in [-0.1, -0.05) is 38.6 Å². The standard InChI is InChI=1S/C18H22F3N3O.C2H6/c1-3-8-23-17(24-11-9-22-10-12-24)13(2)16(25)14-4-6-15(7-5-14)18(19,20)21;1-2/h3-8,16,22,25H,2,9-12H2,1H3;1-2H3/b8-3-,23-17?;. The molecule has 2 rings (SSSR count). The monoisotopic (exact) mass is 383 g/mol. The van der Waals surface area contributed by atoms with Gasteiger partial charge in [-0.05, 0) is 24.6 Å². The maximum atomic E-state index is 12.7. The molecule has 1 aromatic rings. The molecule has 27 heavy (non-hydrogen) atoms. The van der Waals surface area contributed by atoms with E-state index in [2.05, 4.69) is 16.9 Å². The fourth-order valence-electron chi connectivity index (χ4n) is 2.57. The van der Waals surface area contributed by atoms with E-state index in [0.717, 1.165) is 38.3 Å². The van der Waals surface area contributed by atoms with Crippen LogP contribution in [0.15, 0.2) is 53.7 Å². The first-order valence-corrected chi connectivity index (χ1v) is 9.03. The Balaban J connectivity index is 0.00000176. The van der Waals surface area contributed by atoms with Gasteiger partial charge in [-0.15, -0.1) is 0 Å². The van der Waals surface area contributed by atoms with Crippen LogP contribution in [0.3, 0.4) is 0 Å². The van der Waals surface area contributed by atoms with Gasteiger partial charge in [0, 0.05) is 38.0 Å². The van der Waals surface area contributed by atoms with Crippen molar-refractivity contribution in [2.45, 2.75) is 33.1 Å². The highest BCUT2D eigenvalue weighted by Gasteiger charge is 2.30. The lowest BCUT2D eigenvalue weighted by Crippen LogP contribution is -2.47. The smallest absolute Gasteiger partial charge is 0.384 e. The van der Waals surface area contributed by atoms with Crippen LogP contribution in [-0.4, -0.2) is 42.0 Å². The molecular weight excluding hydrogens is 355 g/mol. The van der Waals surface area contributed by atoms with Crippen molar-refractivity contribution in [1.82, 2.24) is 10.2 Å². The predicted octanol–water partition coefficient (Wildman–Crippen LogP) is 4.16. The largest absolute Gasteiger partial charge is 0.416 e. The molecule has 1 aliphatic rings. The van der Waals surface area contributed by atoms with Crippen molar-refractivity contribution >= 4 is 5.84 Å². The van der Waals surface area contributed by atoms with Gasteiger partial charge in [0.1, 0.15) is 11.9 Å². The first-order valence-electron chi connectivity index (χ1n) is 9.03. The zero-order valence-corrected chi connectivity index (χ0v) is 16.1. The number of aliphatic imine (C=N–C) groups is 1. The van der Waals surface area contributed by atoms with Crippen LogP contribution in [0, 0.1) is 0 Å². The first kappa shape index (κ1) is 22.9. The Labute approximate surface area is 159 Å². The Morgan fingerprint density at radius 3 is 2.26 bits per heavy atom. The van der Waals surface area contributed by atoms with Crippen molar-refractivity contribution in [1.29, 1.82) is 0 Å². The van der Waals surface area contributed by atoms with Gasteiger partial charge in [0.2, 0.25) is 0 Å². The summed E-state index contributed by atoms with van der Waals surface area (Å²) >= 11 is 0. The van der Waals surface area contributed by atoms with Gasteiger partial charge in [-0.3, -0.25) is 0 Å². The number of hydrogen-bond acceptors (Lipinski definition) is 3. The van der Waals surface area contributed by atoms with Gasteiger partial charge in [0.05, 0.1) is 5.56 Å². The Kier molecular flexibility index (Phi) is 9.25. The highest BCUT2D eigenvalue weighted by atomic mass is 19.4. The van der Waals surface area contributed by atoms with Crippen molar-refractivity contribution in [3.05, 3.63) is 59.8 Å². The van der Waals surface area contributed by atoms with Crippen LogP contribution in [0.2, 0.25) is 0 Å². The molecule has 0 saturated carbocycles. The van der Waals surface area contributed by atoms with Crippen molar-refractivity contribution in [3.63, 3.8) is 0 Å². The number of alkyl halides is 3. The summed E-state index contributed by atoms with van der Waals surface area (Å²) in [4.78, 5) is 6.37. The Hall–Kier alpha value is -2.12. The predicted molar refractivity (Wildman–Crippen MR) is 104 cm³/mol. The number of piperazine rings is 1. The fourth-order valence-corrected chi connectivity index (χ4v) is 2.57. The molecule has 0 radical (unpaired) electrons. The molecule has 4 nitrogen and oxygen atoms in total. The maximum absolute atomic E-state index is 12.7. The van der Waals surface area contributed by atoms with Crippen molar-refractivity contribution in [3.8, 4) is 0 Å². The topological polar surface area (TPSA) is 47.9 Å². The Bertz CT molecular complexity index is 645. The van der Waals surface area contributed by atoms with Crippen molar-refractivity contribution in [2.75, 3.05) is 26.2 Å². The second-order valence-corrected chi connectivity index (χ2v) is 5.72. The number of hydrogen-bond donors (Lipinski definition) is 2. The maximum Gasteiger partial charge on any atom is 0.416 e. The molecule has 1 heterocycles. The second kappa shape index (κ2) is 10.9. The highest BCUT2D eigenvalue weighted by molar-refractivity contribution is 5.99. The number of nitrogens with one attached hydrogen (secondary N) is 1. The molecule has 150 valence electrons. The molecule has 2 N–H and O–H groups in total. The van der Waals surface area contributed by atoms with E-state index in [-0.39, 0.29) is 0 Å². The summed E-state index contributed by atoms with van der Waals surface area (Å²) in [5, 5.41) is 13.8. The zero-order chi connectivity index (χ0) is 20.4. The van der Waals surface area contributed by atoms with Crippen molar-refractivity contribution in [2.24, 2.45) is 4.99 Å². The molecule has 1 atom stereocenters. The zero-order valence-electron chi connectivity index (χ0n) is 16.1. The van der Waals surface area contributed by atoms with Crippen LogP contribution < -0.4 is 5.32 Å². The second-order valence-electron chi connectivity index (χ2n) is 5.72. The summed E-state index contributed by atoms with van der Waals surface area (Å²) in [6.07, 6.45) is -2.15. The molecule has 1 saturated heterocycles. The quantitative estimate of drug-likeness (QED) is 0.606. The van der Waals surface area contributed by atoms with Gasteiger partial charge in [0.25, 0.3) is 0 Å². The Morgan fingerprint density at radius 1 is 1.22 bits per heavy atom. The molecule has 1 aliphatic heterocycles. The van der Waals surface area contributed by atoms with Crippen LogP contribution in [0.1, 0.15) is 38.0 Å². The van der Waals surface area contributed by atoms with Crippen LogP contribution in [0.25, 0.3) is 0 Å². The molecular formula is C20H28F3N3O. The lowest BCUT2D eigenvalue weighted by molar-refractivity contribution is -0.137. The number of benzene rings is 1. The summed E-state index contributed by atoms with van der Waals surface area (Å²) in [5.74, 6) is 0.548. The average Bonchev–Trinajstić information content (AvgIpc) is 2.69. The van der Waals surface area contributed by atoms with E-state index in [9.17, 15) is 18.3 Å². The number of nitrogens with zero attached hydrogens (tertiary/aromatic N) is 2. The number of aliphatic hydroxyl groups excluding tert-OH is 1. The van der Waals surface area contributed by atoms with Gasteiger partial charge >= 0.3 is 6.18 Å². The Morgan fingerprint density at radius 2 is 1.78 bits per heavy atom. The van der Waals surface area contributed by atoms with E-state index in [1.54, 1.807) is 12.3 Å². The minimum absolute atomic E-state index is 0.348. The minimum Gasteiger partial charge on any atom is -0.384 e. The minimum atomic E-state index is -4.40. The van der Waals surface area contributed by atoms with Crippen LogP contribution >= 0.6 is 0 Å². The average molecular weight is 383 g/mol. The lowest BCUT2D eigenvalue weighted by Gasteiger charge is -2.32. The van der Waals surface area contributed by atoms with Crippen LogP contribution in [0.4, 0.5) is 13.2 Å². The van der Waals surface area contributed by atoms with Gasteiger partial charge < -0.3 is 15.3 Å². The van der Waals surface area contributed by atoms with E-state index in [0.29, 0.717) is 17.0 Å². The fraction of sp³-hybridized carbons (Fsp3) is 0.450. The first-order chi connectivity index (χ1) is 12.8. The molecule has 1 aromatic carbocycles. The summed E-state index contributed by atoms with van der Waals surface area (Å²) in [7, 11) is 0. The number of rotatable bonds is 4. The van der Waals surface area contributed by atoms with E-state index >= 15 is 0 Å². The summed E-state index contributed by atoms with van der Waals surface area (Å²) in [5.41, 5.74) is -0.0416. The van der Waals surface area contributed by atoms with Gasteiger partial charge in [-0.2, -0.15) is 13.2 Å². The number of halogens is 3. The molecule has 1 unspecified atom stereocenters. The normalized spacial score (nSPS) is 16.7.